The van der Waals surface area contributed by atoms with Gasteiger partial charge in [0.2, 0.25) is 15.9 Å². The highest BCUT2D eigenvalue weighted by molar-refractivity contribution is 7.89. The maximum absolute atomic E-state index is 12.1. The first-order valence-electron chi connectivity index (χ1n) is 8.31. The number of aliphatic carboxylic acids is 1. The van der Waals surface area contributed by atoms with E-state index >= 15 is 0 Å². The summed E-state index contributed by atoms with van der Waals surface area (Å²) in [5.41, 5.74) is 0. The Kier molecular flexibility index (Phi) is 7.98. The molecule has 0 bridgehead atoms. The Labute approximate surface area is 138 Å². The summed E-state index contributed by atoms with van der Waals surface area (Å²) in [5.74, 6) is -2.81. The van der Waals surface area contributed by atoms with E-state index in [0.717, 1.165) is 25.7 Å². The van der Waals surface area contributed by atoms with Crippen molar-refractivity contribution in [2.45, 2.75) is 58.4 Å². The molecule has 0 aliphatic heterocycles. The minimum atomic E-state index is -3.65. The van der Waals surface area contributed by atoms with Crippen molar-refractivity contribution in [3.63, 3.8) is 0 Å². The molecule has 134 valence electrons. The van der Waals surface area contributed by atoms with Crippen molar-refractivity contribution in [1.29, 1.82) is 0 Å². The van der Waals surface area contributed by atoms with Gasteiger partial charge in [-0.1, -0.05) is 39.5 Å². The zero-order valence-corrected chi connectivity index (χ0v) is 14.8. The quantitative estimate of drug-likeness (QED) is 0.719. The van der Waals surface area contributed by atoms with E-state index in [1.54, 1.807) is 13.8 Å². The molecule has 1 aliphatic rings. The van der Waals surface area contributed by atoms with Crippen molar-refractivity contribution < 1.29 is 23.1 Å². The molecule has 23 heavy (non-hydrogen) atoms. The number of carbonyl (C=O) groups is 2. The van der Waals surface area contributed by atoms with Crippen LogP contribution < -0.4 is 5.32 Å². The van der Waals surface area contributed by atoms with Gasteiger partial charge >= 0.3 is 5.97 Å². The van der Waals surface area contributed by atoms with E-state index in [9.17, 15) is 23.1 Å². The molecule has 2 atom stereocenters. The smallest absolute Gasteiger partial charge is 0.308 e. The van der Waals surface area contributed by atoms with Gasteiger partial charge in [-0.05, 0) is 12.8 Å². The summed E-state index contributed by atoms with van der Waals surface area (Å²) in [6, 6.07) is -0.493. The molecule has 0 saturated heterocycles. The number of nitrogens with one attached hydrogen (secondary N) is 1. The fourth-order valence-electron chi connectivity index (χ4n) is 3.08. The molecule has 0 spiro atoms. The van der Waals surface area contributed by atoms with Crippen LogP contribution in [-0.4, -0.2) is 54.6 Å². The maximum Gasteiger partial charge on any atom is 0.308 e. The Balaban J connectivity index is 2.74. The van der Waals surface area contributed by atoms with Crippen LogP contribution in [-0.2, 0) is 19.6 Å². The molecule has 1 saturated carbocycles. The molecule has 0 radical (unpaired) electrons. The number of carbonyl (C=O) groups excluding carboxylic acids is 1. The van der Waals surface area contributed by atoms with Crippen LogP contribution in [0.2, 0.25) is 0 Å². The highest BCUT2D eigenvalue weighted by Gasteiger charge is 2.31. The molecule has 0 aromatic rings. The molecule has 1 aliphatic carbocycles. The first-order chi connectivity index (χ1) is 10.8. The van der Waals surface area contributed by atoms with E-state index in [2.05, 4.69) is 5.32 Å². The van der Waals surface area contributed by atoms with E-state index in [4.69, 9.17) is 0 Å². The van der Waals surface area contributed by atoms with Gasteiger partial charge in [-0.2, -0.15) is 0 Å². The average molecular weight is 348 g/mol. The molecular weight excluding hydrogens is 320 g/mol. The van der Waals surface area contributed by atoms with Crippen LogP contribution in [0, 0.1) is 5.92 Å². The highest BCUT2D eigenvalue weighted by atomic mass is 32.2. The van der Waals surface area contributed by atoms with Crippen molar-refractivity contribution in [3.05, 3.63) is 0 Å². The van der Waals surface area contributed by atoms with Crippen LogP contribution in [0.3, 0.4) is 0 Å². The molecule has 8 heteroatoms. The fourth-order valence-corrected chi connectivity index (χ4v) is 4.46. The number of carboxylic acid groups (broad SMARTS) is 1. The zero-order chi connectivity index (χ0) is 17.5. The number of carboxylic acids is 1. The van der Waals surface area contributed by atoms with Crippen molar-refractivity contribution in [2.75, 3.05) is 18.8 Å². The summed E-state index contributed by atoms with van der Waals surface area (Å²) in [5, 5.41) is 12.0. The Morgan fingerprint density at radius 3 is 2.17 bits per heavy atom. The Hall–Kier alpha value is -1.15. The van der Waals surface area contributed by atoms with Gasteiger partial charge in [-0.15, -0.1) is 0 Å². The third-order valence-electron chi connectivity index (χ3n) is 4.34. The second kappa shape index (κ2) is 9.22. The number of amides is 1. The van der Waals surface area contributed by atoms with Crippen molar-refractivity contribution in [2.24, 2.45) is 5.92 Å². The van der Waals surface area contributed by atoms with Crippen molar-refractivity contribution in [3.8, 4) is 0 Å². The SMILES string of the molecule is CCN(CC)S(=O)(=O)CC(=O)NC1CCCCCCC1C(=O)O. The van der Waals surface area contributed by atoms with Gasteiger partial charge in [-0.3, -0.25) is 9.59 Å². The van der Waals surface area contributed by atoms with Crippen molar-refractivity contribution in [1.82, 2.24) is 9.62 Å². The largest absolute Gasteiger partial charge is 0.481 e. The summed E-state index contributed by atoms with van der Waals surface area (Å²) in [4.78, 5) is 23.5. The molecule has 7 nitrogen and oxygen atoms in total. The number of sulfonamides is 1. The van der Waals surface area contributed by atoms with Gasteiger partial charge in [0.05, 0.1) is 5.92 Å². The number of rotatable bonds is 7. The summed E-state index contributed by atoms with van der Waals surface area (Å²) in [6.45, 7) is 4.06. The topological polar surface area (TPSA) is 104 Å². The third kappa shape index (κ3) is 6.10. The van der Waals surface area contributed by atoms with Crippen LogP contribution in [0.1, 0.15) is 52.4 Å². The van der Waals surface area contributed by atoms with Crippen LogP contribution in [0.15, 0.2) is 0 Å². The normalized spacial score (nSPS) is 23.1. The molecule has 1 rings (SSSR count). The first-order valence-corrected chi connectivity index (χ1v) is 9.92. The Morgan fingerprint density at radius 1 is 1.09 bits per heavy atom. The third-order valence-corrected chi connectivity index (χ3v) is 6.27. The average Bonchev–Trinajstić information content (AvgIpc) is 2.41. The second-order valence-electron chi connectivity index (χ2n) is 5.95. The molecule has 0 aromatic heterocycles. The Morgan fingerprint density at radius 2 is 1.65 bits per heavy atom. The lowest BCUT2D eigenvalue weighted by Crippen LogP contribution is -2.47. The van der Waals surface area contributed by atoms with Crippen molar-refractivity contribution >= 4 is 21.9 Å². The summed E-state index contributed by atoms with van der Waals surface area (Å²) >= 11 is 0. The van der Waals surface area contributed by atoms with Gasteiger partial charge in [0.25, 0.3) is 0 Å². The van der Waals surface area contributed by atoms with E-state index in [1.165, 1.54) is 4.31 Å². The van der Waals surface area contributed by atoms with E-state index in [0.29, 0.717) is 25.9 Å². The van der Waals surface area contributed by atoms with Gasteiger partial charge in [0, 0.05) is 19.1 Å². The molecule has 1 fully saturated rings. The van der Waals surface area contributed by atoms with Crippen LogP contribution in [0.4, 0.5) is 0 Å². The van der Waals surface area contributed by atoms with Gasteiger partial charge < -0.3 is 10.4 Å². The number of hydrogen-bond donors (Lipinski definition) is 2. The first kappa shape index (κ1) is 19.9. The van der Waals surface area contributed by atoms with E-state index in [-0.39, 0.29) is 0 Å². The molecule has 0 heterocycles. The lowest BCUT2D eigenvalue weighted by molar-refractivity contribution is -0.143. The van der Waals surface area contributed by atoms with Crippen LogP contribution in [0.5, 0.6) is 0 Å². The monoisotopic (exact) mass is 348 g/mol. The predicted molar refractivity (Wildman–Crippen MR) is 87.5 cm³/mol. The van der Waals surface area contributed by atoms with Gasteiger partial charge in [0.1, 0.15) is 5.75 Å². The molecule has 0 aromatic carbocycles. The minimum absolute atomic E-state index is 0.313. The molecule has 2 N–H and O–H groups in total. The standard InChI is InChI=1S/C15H28N2O5S/c1-3-17(4-2)23(21,22)11-14(18)16-13-10-8-6-5-7-9-12(13)15(19)20/h12-13H,3-11H2,1-2H3,(H,16,18)(H,19,20). The maximum atomic E-state index is 12.1. The van der Waals surface area contributed by atoms with Crippen LogP contribution in [0.25, 0.3) is 0 Å². The number of hydrogen-bond acceptors (Lipinski definition) is 4. The summed E-state index contributed by atoms with van der Waals surface area (Å²) in [6.07, 6.45) is 4.77. The lowest BCUT2D eigenvalue weighted by atomic mass is 9.87. The summed E-state index contributed by atoms with van der Waals surface area (Å²) < 4.78 is 25.5. The Bertz CT molecular complexity index is 502. The minimum Gasteiger partial charge on any atom is -0.481 e. The molecular formula is C15H28N2O5S. The highest BCUT2D eigenvalue weighted by Crippen LogP contribution is 2.23. The van der Waals surface area contributed by atoms with Crippen LogP contribution >= 0.6 is 0 Å². The zero-order valence-electron chi connectivity index (χ0n) is 14.0. The second-order valence-corrected chi connectivity index (χ2v) is 7.92. The van der Waals surface area contributed by atoms with Gasteiger partial charge in [-0.25, -0.2) is 12.7 Å². The fraction of sp³-hybridized carbons (Fsp3) is 0.867. The number of nitrogens with zero attached hydrogens (tertiary/aromatic N) is 1. The van der Waals surface area contributed by atoms with Gasteiger partial charge in [0.15, 0.2) is 0 Å². The van der Waals surface area contributed by atoms with E-state index < -0.39 is 39.6 Å². The molecule has 2 unspecified atom stereocenters. The lowest BCUT2D eigenvalue weighted by Gasteiger charge is -2.27. The van der Waals surface area contributed by atoms with E-state index in [1.807, 2.05) is 0 Å². The summed E-state index contributed by atoms with van der Waals surface area (Å²) in [7, 11) is -3.65. The molecule has 1 amide bonds. The predicted octanol–water partition coefficient (Wildman–Crippen LogP) is 1.20.